The molecule has 158 valence electrons. The number of primary amides is 1. The number of benzene rings is 1. The highest BCUT2D eigenvalue weighted by Gasteiger charge is 2.15. The molecule has 0 fully saturated rings. The van der Waals surface area contributed by atoms with E-state index in [-0.39, 0.29) is 28.8 Å². The van der Waals surface area contributed by atoms with Gasteiger partial charge in [-0.2, -0.15) is 23.4 Å². The molecule has 1 aromatic carbocycles. The van der Waals surface area contributed by atoms with Crippen LogP contribution in [-0.4, -0.2) is 30.3 Å². The number of hydrogen-bond donors (Lipinski definition) is 2. The van der Waals surface area contributed by atoms with Gasteiger partial charge in [0.2, 0.25) is 17.7 Å². The van der Waals surface area contributed by atoms with Crippen molar-refractivity contribution >= 4 is 28.8 Å². The number of halogens is 3. The molecule has 3 heterocycles. The van der Waals surface area contributed by atoms with Crippen LogP contribution in [0.1, 0.15) is 12.1 Å². The van der Waals surface area contributed by atoms with Crippen LogP contribution in [0.15, 0.2) is 55.4 Å². The molecule has 4 rings (SSSR count). The second kappa shape index (κ2) is 7.82. The molecule has 0 spiro atoms. The summed E-state index contributed by atoms with van der Waals surface area (Å²) in [5.41, 5.74) is 6.11. The molecule has 0 unspecified atom stereocenters. The SMILES string of the molecule is C=C(C(N)=O)c1ccc(F)c(Oc2cccc3nc(Nc4cnn(C(F)F)c4)nn23)c1. The smallest absolute Gasteiger partial charge is 0.333 e. The Bertz CT molecular complexity index is 1300. The minimum atomic E-state index is -2.78. The molecule has 0 saturated carbocycles. The fraction of sp³-hybridized carbons (Fsp3) is 0.0526. The van der Waals surface area contributed by atoms with Crippen LogP contribution in [-0.2, 0) is 4.79 Å². The first-order valence-electron chi connectivity index (χ1n) is 8.73. The number of nitrogens with zero attached hydrogens (tertiary/aromatic N) is 5. The number of aromatic nitrogens is 5. The van der Waals surface area contributed by atoms with Crippen molar-refractivity contribution in [3.8, 4) is 11.6 Å². The van der Waals surface area contributed by atoms with E-state index in [1.165, 1.54) is 28.9 Å². The molecule has 0 radical (unpaired) electrons. The molecule has 0 atom stereocenters. The number of fused-ring (bicyclic) bond motifs is 1. The number of hydrogen-bond acceptors (Lipinski definition) is 6. The van der Waals surface area contributed by atoms with E-state index < -0.39 is 18.3 Å². The summed E-state index contributed by atoms with van der Waals surface area (Å²) in [7, 11) is 0. The number of pyridine rings is 1. The van der Waals surface area contributed by atoms with Crippen molar-refractivity contribution in [3.05, 3.63) is 66.8 Å². The normalized spacial score (nSPS) is 11.1. The van der Waals surface area contributed by atoms with Gasteiger partial charge in [0.25, 0.3) is 0 Å². The van der Waals surface area contributed by atoms with E-state index in [0.717, 1.165) is 12.3 Å². The summed E-state index contributed by atoms with van der Waals surface area (Å²) in [6, 6.07) is 8.52. The summed E-state index contributed by atoms with van der Waals surface area (Å²) in [6.07, 6.45) is 2.29. The topological polar surface area (TPSA) is 112 Å². The zero-order valence-corrected chi connectivity index (χ0v) is 15.7. The van der Waals surface area contributed by atoms with Crippen molar-refractivity contribution in [2.24, 2.45) is 5.73 Å². The Hall–Kier alpha value is -4.35. The summed E-state index contributed by atoms with van der Waals surface area (Å²) >= 11 is 0. The van der Waals surface area contributed by atoms with Gasteiger partial charge in [-0.05, 0) is 23.8 Å². The molecule has 0 bridgehead atoms. The molecule has 0 saturated heterocycles. The van der Waals surface area contributed by atoms with Crippen LogP contribution >= 0.6 is 0 Å². The van der Waals surface area contributed by atoms with Gasteiger partial charge in [0, 0.05) is 11.6 Å². The molecule has 0 aliphatic heterocycles. The highest BCUT2D eigenvalue weighted by Crippen LogP contribution is 2.28. The Morgan fingerprint density at radius 2 is 2.06 bits per heavy atom. The lowest BCUT2D eigenvalue weighted by molar-refractivity contribution is -0.112. The predicted molar refractivity (Wildman–Crippen MR) is 104 cm³/mol. The molecule has 0 aliphatic rings. The van der Waals surface area contributed by atoms with E-state index in [9.17, 15) is 18.0 Å². The van der Waals surface area contributed by atoms with Gasteiger partial charge in [-0.3, -0.25) is 4.79 Å². The molecule has 9 nitrogen and oxygen atoms in total. The summed E-state index contributed by atoms with van der Waals surface area (Å²) in [5.74, 6) is -1.42. The zero-order valence-electron chi connectivity index (χ0n) is 15.7. The number of amides is 1. The van der Waals surface area contributed by atoms with Crippen molar-refractivity contribution in [1.29, 1.82) is 0 Å². The third-order valence-electron chi connectivity index (χ3n) is 4.17. The minimum Gasteiger partial charge on any atom is -0.436 e. The van der Waals surface area contributed by atoms with Crippen LogP contribution in [0, 0.1) is 5.82 Å². The number of alkyl halides is 2. The average molecular weight is 429 g/mol. The summed E-state index contributed by atoms with van der Waals surface area (Å²) in [5, 5.41) is 10.5. The number of ether oxygens (including phenoxy) is 1. The lowest BCUT2D eigenvalue weighted by Crippen LogP contribution is -2.12. The summed E-state index contributed by atoms with van der Waals surface area (Å²) in [4.78, 5) is 15.6. The van der Waals surface area contributed by atoms with Gasteiger partial charge in [-0.25, -0.2) is 9.07 Å². The molecular formula is C19H14F3N7O2. The van der Waals surface area contributed by atoms with E-state index in [1.54, 1.807) is 12.1 Å². The Kier molecular flexibility index (Phi) is 5.03. The molecule has 12 heteroatoms. The number of nitrogens with one attached hydrogen (secondary N) is 1. The molecule has 0 aliphatic carbocycles. The van der Waals surface area contributed by atoms with Crippen LogP contribution in [0.4, 0.5) is 24.8 Å². The first-order valence-corrected chi connectivity index (χ1v) is 8.73. The number of rotatable bonds is 7. The lowest BCUT2D eigenvalue weighted by Gasteiger charge is -2.10. The molecule has 3 aromatic heterocycles. The number of nitrogens with two attached hydrogens (primary N) is 1. The first kappa shape index (κ1) is 19.9. The van der Waals surface area contributed by atoms with Crippen LogP contribution in [0.25, 0.3) is 11.2 Å². The van der Waals surface area contributed by atoms with Crippen LogP contribution < -0.4 is 15.8 Å². The molecule has 4 aromatic rings. The van der Waals surface area contributed by atoms with Crippen LogP contribution in [0.2, 0.25) is 0 Å². The van der Waals surface area contributed by atoms with E-state index >= 15 is 0 Å². The third kappa shape index (κ3) is 4.03. The van der Waals surface area contributed by atoms with Gasteiger partial charge >= 0.3 is 6.55 Å². The van der Waals surface area contributed by atoms with Crippen molar-refractivity contribution in [3.63, 3.8) is 0 Å². The summed E-state index contributed by atoms with van der Waals surface area (Å²) < 4.78 is 47.0. The predicted octanol–water partition coefficient (Wildman–Crippen LogP) is 3.49. The van der Waals surface area contributed by atoms with Gasteiger partial charge in [0.05, 0.1) is 18.1 Å². The van der Waals surface area contributed by atoms with Gasteiger partial charge in [-0.1, -0.05) is 18.7 Å². The fourth-order valence-corrected chi connectivity index (χ4v) is 2.67. The van der Waals surface area contributed by atoms with Crippen molar-refractivity contribution in [2.45, 2.75) is 6.55 Å². The first-order chi connectivity index (χ1) is 14.8. The minimum absolute atomic E-state index is 0.000329. The van der Waals surface area contributed by atoms with Gasteiger partial charge in [0.1, 0.15) is 0 Å². The van der Waals surface area contributed by atoms with Crippen molar-refractivity contribution < 1.29 is 22.7 Å². The summed E-state index contributed by atoms with van der Waals surface area (Å²) in [6.45, 7) is 0.789. The second-order valence-corrected chi connectivity index (χ2v) is 6.27. The Morgan fingerprint density at radius 3 is 2.77 bits per heavy atom. The highest BCUT2D eigenvalue weighted by molar-refractivity contribution is 6.17. The third-order valence-corrected chi connectivity index (χ3v) is 4.17. The monoisotopic (exact) mass is 429 g/mol. The van der Waals surface area contributed by atoms with Crippen LogP contribution in [0.5, 0.6) is 11.6 Å². The number of carbonyl (C=O) groups excluding carboxylic acids is 1. The zero-order chi connectivity index (χ0) is 22.1. The van der Waals surface area contributed by atoms with E-state index in [0.29, 0.717) is 15.9 Å². The second-order valence-electron chi connectivity index (χ2n) is 6.27. The maximum Gasteiger partial charge on any atom is 0.333 e. The largest absolute Gasteiger partial charge is 0.436 e. The van der Waals surface area contributed by atoms with Gasteiger partial charge in [-0.15, -0.1) is 5.10 Å². The van der Waals surface area contributed by atoms with E-state index in [4.69, 9.17) is 10.5 Å². The maximum absolute atomic E-state index is 14.3. The molecular weight excluding hydrogens is 415 g/mol. The van der Waals surface area contributed by atoms with E-state index in [2.05, 4.69) is 27.1 Å². The van der Waals surface area contributed by atoms with Crippen molar-refractivity contribution in [1.82, 2.24) is 24.4 Å². The average Bonchev–Trinajstić information content (AvgIpc) is 3.36. The molecule has 31 heavy (non-hydrogen) atoms. The van der Waals surface area contributed by atoms with Gasteiger partial charge in [0.15, 0.2) is 17.2 Å². The maximum atomic E-state index is 14.3. The number of carbonyl (C=O) groups is 1. The standard InChI is InChI=1S/C19H14F3N7O2/c1-10(17(23)30)11-5-6-13(20)14(7-11)31-16-4-2-3-15-26-19(27-29(15)16)25-12-8-24-28(9-12)18(21)22/h2-9,18H,1H2,(H2,23,30)(H,25,27). The van der Waals surface area contributed by atoms with E-state index in [1.807, 2.05) is 0 Å². The number of anilines is 2. The molecule has 3 N–H and O–H groups in total. The fourth-order valence-electron chi connectivity index (χ4n) is 2.67. The quantitative estimate of drug-likeness (QED) is 0.435. The highest BCUT2D eigenvalue weighted by atomic mass is 19.3. The Labute approximate surface area is 172 Å². The molecule has 1 amide bonds. The van der Waals surface area contributed by atoms with Crippen LogP contribution in [0.3, 0.4) is 0 Å². The Balaban J connectivity index is 1.64. The lowest BCUT2D eigenvalue weighted by atomic mass is 10.1. The van der Waals surface area contributed by atoms with Gasteiger partial charge < -0.3 is 15.8 Å². The Morgan fingerprint density at radius 1 is 1.26 bits per heavy atom. The van der Waals surface area contributed by atoms with Crippen molar-refractivity contribution in [2.75, 3.05) is 5.32 Å².